The summed E-state index contributed by atoms with van der Waals surface area (Å²) < 4.78 is 0. The Morgan fingerprint density at radius 1 is 0.881 bits per heavy atom. The molecule has 1 unspecified atom stereocenters. The van der Waals surface area contributed by atoms with Crippen molar-refractivity contribution < 1.29 is 24.3 Å². The fourth-order valence-corrected chi connectivity index (χ4v) is 5.34. The van der Waals surface area contributed by atoms with Crippen molar-refractivity contribution in [2.45, 2.75) is 12.5 Å². The molecule has 3 amide bonds. The largest absolute Gasteiger partial charge is 0.481 e. The van der Waals surface area contributed by atoms with Crippen molar-refractivity contribution in [2.24, 2.45) is 0 Å². The van der Waals surface area contributed by atoms with Crippen molar-refractivity contribution in [3.63, 3.8) is 0 Å². The number of amides is 3. The molecule has 0 saturated carbocycles. The van der Waals surface area contributed by atoms with Crippen LogP contribution in [0.15, 0.2) is 84.8 Å². The zero-order chi connectivity index (χ0) is 29.5. The third-order valence-corrected chi connectivity index (χ3v) is 7.71. The van der Waals surface area contributed by atoms with Gasteiger partial charge >= 0.3 is 5.97 Å². The highest BCUT2D eigenvalue weighted by molar-refractivity contribution is 7.12. The number of nitrogens with one attached hydrogen (secondary N) is 2. The van der Waals surface area contributed by atoms with E-state index in [0.717, 1.165) is 0 Å². The normalized spacial score (nSPS) is 13.7. The summed E-state index contributed by atoms with van der Waals surface area (Å²) in [6.07, 6.45) is 5.93. The van der Waals surface area contributed by atoms with Crippen LogP contribution in [0.1, 0.15) is 48.4 Å². The number of pyridine rings is 2. The molecule has 5 rings (SSSR count). The highest BCUT2D eigenvalue weighted by Gasteiger charge is 2.26. The zero-order valence-corrected chi connectivity index (χ0v) is 23.3. The van der Waals surface area contributed by atoms with Crippen molar-refractivity contribution in [3.05, 3.63) is 106 Å². The second-order valence-electron chi connectivity index (χ2n) is 9.59. The van der Waals surface area contributed by atoms with Gasteiger partial charge in [-0.1, -0.05) is 12.1 Å². The van der Waals surface area contributed by atoms with Crippen LogP contribution in [0.2, 0.25) is 0 Å². The summed E-state index contributed by atoms with van der Waals surface area (Å²) in [5, 5.41) is 16.9. The van der Waals surface area contributed by atoms with E-state index in [1.54, 1.807) is 83.5 Å². The van der Waals surface area contributed by atoms with Gasteiger partial charge in [0.2, 0.25) is 0 Å². The summed E-state index contributed by atoms with van der Waals surface area (Å²) in [4.78, 5) is 63.1. The molecular weight excluding hydrogens is 556 g/mol. The number of anilines is 2. The van der Waals surface area contributed by atoms with Crippen LogP contribution in [0.5, 0.6) is 0 Å². The molecule has 1 aliphatic heterocycles. The number of carboxylic acid groups (broad SMARTS) is 1. The molecule has 4 heterocycles. The van der Waals surface area contributed by atoms with Crippen LogP contribution < -0.4 is 15.5 Å². The molecule has 214 valence electrons. The third-order valence-electron chi connectivity index (χ3n) is 6.84. The number of carbonyl (C=O) groups excluding carboxylic acids is 3. The van der Waals surface area contributed by atoms with E-state index in [1.807, 2.05) is 0 Å². The number of thiophene rings is 1. The molecule has 0 radical (unpaired) electrons. The summed E-state index contributed by atoms with van der Waals surface area (Å²) in [5.74, 6) is -1.96. The first kappa shape index (κ1) is 28.4. The van der Waals surface area contributed by atoms with Crippen LogP contribution in [0, 0.1) is 0 Å². The Morgan fingerprint density at radius 2 is 1.64 bits per heavy atom. The van der Waals surface area contributed by atoms with Gasteiger partial charge in [0, 0.05) is 56.5 Å². The number of nitrogens with zero attached hydrogens (tertiary/aromatic N) is 4. The number of rotatable bonds is 9. The minimum absolute atomic E-state index is 0.0921. The van der Waals surface area contributed by atoms with Crippen molar-refractivity contribution in [1.29, 1.82) is 0 Å². The maximum Gasteiger partial charge on any atom is 0.305 e. The fraction of sp³-hybridized carbons (Fsp3) is 0.200. The van der Waals surface area contributed by atoms with E-state index in [9.17, 15) is 24.3 Å². The van der Waals surface area contributed by atoms with Crippen molar-refractivity contribution >= 4 is 46.4 Å². The fourth-order valence-electron chi connectivity index (χ4n) is 4.72. The second-order valence-corrected chi connectivity index (χ2v) is 10.5. The van der Waals surface area contributed by atoms with Gasteiger partial charge in [0.05, 0.1) is 34.3 Å². The average Bonchev–Trinajstić information content (AvgIpc) is 3.57. The van der Waals surface area contributed by atoms with Crippen LogP contribution in [-0.4, -0.2) is 69.8 Å². The number of carboxylic acids is 1. The lowest BCUT2D eigenvalue weighted by atomic mass is 10.0. The quantitative estimate of drug-likeness (QED) is 0.270. The van der Waals surface area contributed by atoms with Gasteiger partial charge in [-0.25, -0.2) is 0 Å². The minimum Gasteiger partial charge on any atom is -0.481 e. The monoisotopic (exact) mass is 584 g/mol. The van der Waals surface area contributed by atoms with E-state index in [0.29, 0.717) is 53.6 Å². The molecule has 3 N–H and O–H groups in total. The van der Waals surface area contributed by atoms with E-state index in [2.05, 4.69) is 25.5 Å². The Balaban J connectivity index is 1.37. The van der Waals surface area contributed by atoms with Crippen LogP contribution in [0.4, 0.5) is 11.4 Å². The SMILES string of the molecule is O=C(O)CC(NC(=O)c1ccc(N2CCN(C(=O)c3cccnc3)CC2)c(NC(=O)c2cccs2)c1)c1cccnc1. The number of aliphatic carboxylic acids is 1. The Hall–Kier alpha value is -5.10. The third kappa shape index (κ3) is 6.78. The molecule has 4 aromatic rings. The first-order valence-electron chi connectivity index (χ1n) is 13.2. The van der Waals surface area contributed by atoms with Crippen molar-refractivity contribution in [3.8, 4) is 0 Å². The van der Waals surface area contributed by atoms with E-state index >= 15 is 0 Å². The Kier molecular flexibility index (Phi) is 8.83. The topological polar surface area (TPSA) is 145 Å². The van der Waals surface area contributed by atoms with Gasteiger partial charge in [0.15, 0.2) is 0 Å². The van der Waals surface area contributed by atoms with Gasteiger partial charge in [-0.05, 0) is 53.4 Å². The Morgan fingerprint density at radius 3 is 2.29 bits per heavy atom. The van der Waals surface area contributed by atoms with Crippen LogP contribution >= 0.6 is 11.3 Å². The van der Waals surface area contributed by atoms with E-state index in [4.69, 9.17) is 0 Å². The molecular formula is C30H28N6O5S. The summed E-state index contributed by atoms with van der Waals surface area (Å²) in [6, 6.07) is 14.5. The molecule has 1 atom stereocenters. The maximum atomic E-state index is 13.3. The number of carbonyl (C=O) groups is 4. The number of aromatic nitrogens is 2. The molecule has 0 spiro atoms. The number of benzene rings is 1. The maximum absolute atomic E-state index is 13.3. The Labute approximate surface area is 245 Å². The molecule has 1 fully saturated rings. The summed E-state index contributed by atoms with van der Waals surface area (Å²) in [7, 11) is 0. The van der Waals surface area contributed by atoms with Crippen LogP contribution in [0.25, 0.3) is 0 Å². The Bertz CT molecular complexity index is 1560. The van der Waals surface area contributed by atoms with Crippen molar-refractivity contribution in [2.75, 3.05) is 36.4 Å². The van der Waals surface area contributed by atoms with Crippen LogP contribution in [-0.2, 0) is 4.79 Å². The molecule has 42 heavy (non-hydrogen) atoms. The highest BCUT2D eigenvalue weighted by Crippen LogP contribution is 2.30. The first-order valence-corrected chi connectivity index (χ1v) is 14.1. The standard InChI is InChI=1S/C30H28N6O5S/c37-27(38)17-23(21-4-1-9-31-18-21)33-28(39)20-7-8-25(24(16-20)34-29(40)26-6-3-15-42-26)35-11-13-36(14-12-35)30(41)22-5-2-10-32-19-22/h1-10,15-16,18-19,23H,11-14,17H2,(H,33,39)(H,34,40)(H,37,38). The second kappa shape index (κ2) is 13.0. The molecule has 1 saturated heterocycles. The van der Waals surface area contributed by atoms with Gasteiger partial charge in [0.1, 0.15) is 0 Å². The van der Waals surface area contributed by atoms with Gasteiger partial charge in [0.25, 0.3) is 17.7 Å². The minimum atomic E-state index is -1.07. The van der Waals surface area contributed by atoms with E-state index in [1.165, 1.54) is 17.5 Å². The van der Waals surface area contributed by atoms with Crippen LogP contribution in [0.3, 0.4) is 0 Å². The molecule has 1 aromatic carbocycles. The first-order chi connectivity index (χ1) is 20.4. The molecule has 12 heteroatoms. The van der Waals surface area contributed by atoms with E-state index in [-0.39, 0.29) is 23.8 Å². The van der Waals surface area contributed by atoms with Gasteiger partial charge in [-0.3, -0.25) is 29.1 Å². The summed E-state index contributed by atoms with van der Waals surface area (Å²) in [6.45, 7) is 1.97. The summed E-state index contributed by atoms with van der Waals surface area (Å²) >= 11 is 1.30. The molecule has 1 aliphatic rings. The average molecular weight is 585 g/mol. The predicted octanol–water partition coefficient (Wildman–Crippen LogP) is 3.70. The number of piperazine rings is 1. The molecule has 0 aliphatic carbocycles. The molecule has 3 aromatic heterocycles. The predicted molar refractivity (Wildman–Crippen MR) is 158 cm³/mol. The lowest BCUT2D eigenvalue weighted by molar-refractivity contribution is -0.137. The van der Waals surface area contributed by atoms with Gasteiger partial charge < -0.3 is 25.5 Å². The molecule has 11 nitrogen and oxygen atoms in total. The van der Waals surface area contributed by atoms with Crippen molar-refractivity contribution in [1.82, 2.24) is 20.2 Å². The molecule has 0 bridgehead atoms. The van der Waals surface area contributed by atoms with Gasteiger partial charge in [-0.2, -0.15) is 0 Å². The van der Waals surface area contributed by atoms with Gasteiger partial charge in [-0.15, -0.1) is 11.3 Å². The number of hydrogen-bond acceptors (Lipinski definition) is 8. The van der Waals surface area contributed by atoms with E-state index < -0.39 is 17.9 Å². The summed E-state index contributed by atoms with van der Waals surface area (Å²) in [5.41, 5.74) is 2.49. The zero-order valence-electron chi connectivity index (χ0n) is 22.5. The lowest BCUT2D eigenvalue weighted by Crippen LogP contribution is -2.49. The highest BCUT2D eigenvalue weighted by atomic mass is 32.1. The smallest absolute Gasteiger partial charge is 0.305 e. The number of hydrogen-bond donors (Lipinski definition) is 3. The lowest BCUT2D eigenvalue weighted by Gasteiger charge is -2.37.